The lowest BCUT2D eigenvalue weighted by molar-refractivity contribution is 0.571. The van der Waals surface area contributed by atoms with Crippen molar-refractivity contribution in [3.05, 3.63) is 113 Å². The molecule has 3 heterocycles. The number of hydrogen-bond donors (Lipinski definition) is 0. The highest BCUT2D eigenvalue weighted by molar-refractivity contribution is 9.10. The molecule has 0 radical (unpaired) electrons. The van der Waals surface area contributed by atoms with Crippen molar-refractivity contribution in [3.8, 4) is 11.3 Å². The first kappa shape index (κ1) is 19.6. The number of aromatic nitrogens is 3. The maximum absolute atomic E-state index is 12.9. The number of rotatable bonds is 4. The van der Waals surface area contributed by atoms with Gasteiger partial charge < -0.3 is 4.42 Å². The second kappa shape index (κ2) is 8.05. The van der Waals surface area contributed by atoms with E-state index in [1.165, 1.54) is 4.52 Å². The van der Waals surface area contributed by atoms with E-state index in [1.807, 2.05) is 60.7 Å². The molecule has 0 unspecified atom stereocenters. The van der Waals surface area contributed by atoms with Crippen molar-refractivity contribution < 1.29 is 4.42 Å². The molecule has 0 N–H and O–H groups in total. The molecule has 0 aliphatic carbocycles. The normalized spacial score (nSPS) is 12.0. The van der Waals surface area contributed by atoms with Crippen LogP contribution in [0, 0.1) is 0 Å². The van der Waals surface area contributed by atoms with Gasteiger partial charge in [-0.1, -0.05) is 69.7 Å². The highest BCUT2D eigenvalue weighted by atomic mass is 79.9. The lowest BCUT2D eigenvalue weighted by atomic mass is 10.1. The third kappa shape index (κ3) is 3.99. The molecule has 5 aromatic rings. The second-order valence-corrected chi connectivity index (χ2v) is 8.77. The molecule has 6 nitrogen and oxygen atoms in total. The van der Waals surface area contributed by atoms with Crippen LogP contribution in [0.15, 0.2) is 85.2 Å². The van der Waals surface area contributed by atoms with Crippen LogP contribution in [0.4, 0.5) is 0 Å². The minimum Gasteiger partial charge on any atom is -0.457 e. The van der Waals surface area contributed by atoms with Gasteiger partial charge in [0.05, 0.1) is 0 Å². The van der Waals surface area contributed by atoms with E-state index in [0.717, 1.165) is 26.9 Å². The molecule has 31 heavy (non-hydrogen) atoms. The zero-order valence-electron chi connectivity index (χ0n) is 16.0. The van der Waals surface area contributed by atoms with Crippen molar-refractivity contribution in [1.29, 1.82) is 0 Å². The Hall–Kier alpha value is -3.36. The minimum atomic E-state index is -0.424. The second-order valence-electron chi connectivity index (χ2n) is 6.85. The highest BCUT2D eigenvalue weighted by Crippen LogP contribution is 2.24. The summed E-state index contributed by atoms with van der Waals surface area (Å²) in [5.74, 6) is 1.23. The van der Waals surface area contributed by atoms with E-state index in [1.54, 1.807) is 12.1 Å². The van der Waals surface area contributed by atoms with Crippen molar-refractivity contribution in [2.24, 2.45) is 0 Å². The summed E-state index contributed by atoms with van der Waals surface area (Å²) >= 11 is 4.52. The molecule has 0 aliphatic rings. The molecule has 0 bridgehead atoms. The fourth-order valence-corrected chi connectivity index (χ4v) is 4.32. The molecule has 0 fully saturated rings. The molecule has 0 spiro atoms. The monoisotopic (exact) mass is 491 g/mol. The standard InChI is InChI=1S/C23H14BrN3O3S/c24-16-8-6-15(7-9-16)19-11-10-17(30-19)13-20-22(29)27-23(31-20)25-21(28)18(26-27)12-14-4-2-1-3-5-14/h1-11,13H,12H2/b20-13-. The fraction of sp³-hybridized carbons (Fsp3) is 0.0435. The SMILES string of the molecule is O=c1nc2s/c(=C\c3ccc(-c4ccc(Br)cc4)o3)c(=O)n2nc1Cc1ccccc1. The number of halogens is 1. The van der Waals surface area contributed by atoms with Crippen LogP contribution in [-0.4, -0.2) is 14.6 Å². The van der Waals surface area contributed by atoms with E-state index >= 15 is 0 Å². The zero-order valence-corrected chi connectivity index (χ0v) is 18.4. The van der Waals surface area contributed by atoms with Crippen LogP contribution in [0.3, 0.4) is 0 Å². The Balaban J connectivity index is 1.53. The quantitative estimate of drug-likeness (QED) is 0.383. The van der Waals surface area contributed by atoms with Gasteiger partial charge in [0, 0.05) is 22.5 Å². The van der Waals surface area contributed by atoms with Crippen molar-refractivity contribution in [3.63, 3.8) is 0 Å². The third-order valence-corrected chi connectivity index (χ3v) is 6.18. The predicted octanol–water partition coefficient (Wildman–Crippen LogP) is 3.67. The first-order valence-corrected chi connectivity index (χ1v) is 11.0. The van der Waals surface area contributed by atoms with Gasteiger partial charge in [0.25, 0.3) is 11.1 Å². The molecule has 0 atom stereocenters. The molecule has 152 valence electrons. The Morgan fingerprint density at radius 2 is 1.77 bits per heavy atom. The van der Waals surface area contributed by atoms with Gasteiger partial charge in [-0.25, -0.2) is 0 Å². The zero-order chi connectivity index (χ0) is 21.4. The van der Waals surface area contributed by atoms with Crippen molar-refractivity contribution in [1.82, 2.24) is 14.6 Å². The molecular formula is C23H14BrN3O3S. The lowest BCUT2D eigenvalue weighted by Gasteiger charge is -1.99. The number of furan rings is 1. The number of thiazole rings is 1. The van der Waals surface area contributed by atoms with E-state index in [-0.39, 0.29) is 16.2 Å². The summed E-state index contributed by atoms with van der Waals surface area (Å²) < 4.78 is 8.45. The van der Waals surface area contributed by atoms with E-state index in [4.69, 9.17) is 4.42 Å². The van der Waals surface area contributed by atoms with Crippen LogP contribution < -0.4 is 15.7 Å². The molecule has 8 heteroatoms. The van der Waals surface area contributed by atoms with Gasteiger partial charge in [0.2, 0.25) is 4.96 Å². The van der Waals surface area contributed by atoms with Gasteiger partial charge in [0.15, 0.2) is 0 Å². The summed E-state index contributed by atoms with van der Waals surface area (Å²) in [5.41, 5.74) is 1.34. The summed E-state index contributed by atoms with van der Waals surface area (Å²) in [5, 5.41) is 4.28. The largest absolute Gasteiger partial charge is 0.457 e. The summed E-state index contributed by atoms with van der Waals surface area (Å²) in [6.45, 7) is 0. The Labute approximate surface area is 188 Å². The molecule has 5 rings (SSSR count). The number of hydrogen-bond acceptors (Lipinski definition) is 6. The van der Waals surface area contributed by atoms with Crippen LogP contribution in [0.1, 0.15) is 17.0 Å². The summed E-state index contributed by atoms with van der Waals surface area (Å²) in [6, 6.07) is 20.9. The van der Waals surface area contributed by atoms with E-state index in [2.05, 4.69) is 26.0 Å². The minimum absolute atomic E-state index is 0.237. The average Bonchev–Trinajstić information content (AvgIpc) is 3.35. The predicted molar refractivity (Wildman–Crippen MR) is 123 cm³/mol. The van der Waals surface area contributed by atoms with Gasteiger partial charge >= 0.3 is 0 Å². The van der Waals surface area contributed by atoms with E-state index in [9.17, 15) is 9.59 Å². The van der Waals surface area contributed by atoms with Crippen LogP contribution >= 0.6 is 27.3 Å². The summed E-state index contributed by atoms with van der Waals surface area (Å²) in [4.78, 5) is 29.6. The number of benzene rings is 2. The van der Waals surface area contributed by atoms with Crippen LogP contribution in [0.5, 0.6) is 0 Å². The van der Waals surface area contributed by atoms with Crippen molar-refractivity contribution in [2.45, 2.75) is 6.42 Å². The maximum atomic E-state index is 12.9. The summed E-state index contributed by atoms with van der Waals surface area (Å²) in [7, 11) is 0. The Kier molecular flexibility index (Phi) is 5.09. The van der Waals surface area contributed by atoms with E-state index < -0.39 is 5.56 Å². The topological polar surface area (TPSA) is 77.5 Å². The van der Waals surface area contributed by atoms with Crippen LogP contribution in [-0.2, 0) is 6.42 Å². The first-order chi connectivity index (χ1) is 15.1. The van der Waals surface area contributed by atoms with Crippen LogP contribution in [0.25, 0.3) is 22.4 Å². The van der Waals surface area contributed by atoms with Gasteiger partial charge in [0.1, 0.15) is 21.7 Å². The summed E-state index contributed by atoms with van der Waals surface area (Å²) in [6.07, 6.45) is 1.96. The molecule has 3 aromatic heterocycles. The van der Waals surface area contributed by atoms with Crippen molar-refractivity contribution in [2.75, 3.05) is 0 Å². The average molecular weight is 492 g/mol. The smallest absolute Gasteiger partial charge is 0.296 e. The van der Waals surface area contributed by atoms with Crippen molar-refractivity contribution >= 4 is 38.3 Å². The highest BCUT2D eigenvalue weighted by Gasteiger charge is 2.12. The third-order valence-electron chi connectivity index (χ3n) is 4.69. The number of nitrogens with zero attached hydrogens (tertiary/aromatic N) is 3. The lowest BCUT2D eigenvalue weighted by Crippen LogP contribution is -2.28. The van der Waals surface area contributed by atoms with Gasteiger partial charge in [-0.2, -0.15) is 14.6 Å². The molecular weight excluding hydrogens is 478 g/mol. The molecule has 0 amide bonds. The molecule has 2 aromatic carbocycles. The first-order valence-electron chi connectivity index (χ1n) is 9.41. The Bertz CT molecular complexity index is 1550. The van der Waals surface area contributed by atoms with Gasteiger partial charge in [-0.15, -0.1) is 0 Å². The van der Waals surface area contributed by atoms with Gasteiger partial charge in [-0.05, 0) is 29.8 Å². The fourth-order valence-electron chi connectivity index (χ4n) is 3.17. The molecule has 0 aliphatic heterocycles. The Morgan fingerprint density at radius 3 is 2.55 bits per heavy atom. The van der Waals surface area contributed by atoms with Gasteiger partial charge in [-0.3, -0.25) is 9.59 Å². The molecule has 0 saturated heterocycles. The van der Waals surface area contributed by atoms with Crippen LogP contribution in [0.2, 0.25) is 0 Å². The Morgan fingerprint density at radius 1 is 1.00 bits per heavy atom. The molecule has 0 saturated carbocycles. The maximum Gasteiger partial charge on any atom is 0.296 e. The number of fused-ring (bicyclic) bond motifs is 1. The van der Waals surface area contributed by atoms with E-state index in [0.29, 0.717) is 22.5 Å².